The Kier molecular flexibility index (Phi) is 5.67. The van der Waals surface area contributed by atoms with Gasteiger partial charge in [0.25, 0.3) is 5.91 Å². The van der Waals surface area contributed by atoms with Gasteiger partial charge in [0.15, 0.2) is 5.13 Å². The molecular formula is C19H26N4O3S. The second-order valence-electron chi connectivity index (χ2n) is 7.59. The molecule has 2 aromatic heterocycles. The monoisotopic (exact) mass is 390 g/mol. The molecule has 1 unspecified atom stereocenters. The summed E-state index contributed by atoms with van der Waals surface area (Å²) in [5.74, 6) is 0.0670. The molecule has 1 aliphatic rings. The number of carbonyl (C=O) groups is 2. The summed E-state index contributed by atoms with van der Waals surface area (Å²) in [6.45, 7) is 9.19. The smallest absolute Gasteiger partial charge is 0.274 e. The van der Waals surface area contributed by atoms with Crippen LogP contribution < -0.4 is 10.6 Å². The van der Waals surface area contributed by atoms with Gasteiger partial charge in [0.1, 0.15) is 11.3 Å². The molecule has 1 saturated heterocycles. The molecule has 27 heavy (non-hydrogen) atoms. The van der Waals surface area contributed by atoms with Crippen LogP contribution in [0.15, 0.2) is 23.7 Å². The molecule has 0 spiro atoms. The molecule has 8 heteroatoms. The Hall–Kier alpha value is -2.19. The van der Waals surface area contributed by atoms with Crippen molar-refractivity contribution in [3.05, 3.63) is 35.1 Å². The van der Waals surface area contributed by atoms with Gasteiger partial charge in [-0.25, -0.2) is 4.98 Å². The van der Waals surface area contributed by atoms with E-state index in [1.165, 1.54) is 11.3 Å². The van der Waals surface area contributed by atoms with Crippen molar-refractivity contribution in [2.24, 2.45) is 5.92 Å². The Labute approximate surface area is 163 Å². The number of nitrogens with one attached hydrogen (secondary N) is 2. The second kappa shape index (κ2) is 7.82. The summed E-state index contributed by atoms with van der Waals surface area (Å²) in [7, 11) is 0. The van der Waals surface area contributed by atoms with Crippen LogP contribution in [0.4, 0.5) is 5.13 Å². The average Bonchev–Trinajstić information content (AvgIpc) is 3.28. The van der Waals surface area contributed by atoms with E-state index in [-0.39, 0.29) is 23.8 Å². The molecule has 0 bridgehead atoms. The fourth-order valence-electron chi connectivity index (χ4n) is 3.27. The normalized spacial score (nSPS) is 17.4. The third-order valence-corrected chi connectivity index (χ3v) is 5.21. The van der Waals surface area contributed by atoms with Crippen LogP contribution in [0.2, 0.25) is 0 Å². The average molecular weight is 391 g/mol. The minimum atomic E-state index is -0.518. The van der Waals surface area contributed by atoms with Gasteiger partial charge in [-0.3, -0.25) is 14.9 Å². The quantitative estimate of drug-likeness (QED) is 0.761. The summed E-state index contributed by atoms with van der Waals surface area (Å²) in [6, 6.07) is 3.62. The number of thiazole rings is 1. The first-order valence-corrected chi connectivity index (χ1v) is 9.99. The van der Waals surface area contributed by atoms with Crippen molar-refractivity contribution >= 4 is 28.3 Å². The highest BCUT2D eigenvalue weighted by Gasteiger charge is 2.27. The molecule has 1 fully saturated rings. The third kappa shape index (κ3) is 4.75. The van der Waals surface area contributed by atoms with Crippen LogP contribution >= 0.6 is 11.3 Å². The van der Waals surface area contributed by atoms with Crippen molar-refractivity contribution in [1.82, 2.24) is 14.9 Å². The fourth-order valence-corrected chi connectivity index (χ4v) is 4.13. The van der Waals surface area contributed by atoms with Crippen molar-refractivity contribution in [3.8, 4) is 0 Å². The fraction of sp³-hybridized carbons (Fsp3) is 0.526. The first kappa shape index (κ1) is 19.6. The van der Waals surface area contributed by atoms with Gasteiger partial charge in [-0.2, -0.15) is 0 Å². The molecule has 0 aliphatic carbocycles. The van der Waals surface area contributed by atoms with E-state index < -0.39 is 5.60 Å². The van der Waals surface area contributed by atoms with Gasteiger partial charge in [-0.1, -0.05) is 0 Å². The summed E-state index contributed by atoms with van der Waals surface area (Å²) in [5.41, 5.74) is 0.835. The highest BCUT2D eigenvalue weighted by molar-refractivity contribution is 7.14. The maximum atomic E-state index is 12.7. The zero-order chi connectivity index (χ0) is 19.6. The van der Waals surface area contributed by atoms with Gasteiger partial charge < -0.3 is 14.6 Å². The number of anilines is 1. The molecule has 0 aromatic carbocycles. The number of ether oxygens (including phenoxy) is 1. The van der Waals surface area contributed by atoms with E-state index in [2.05, 4.69) is 15.6 Å². The standard InChI is InChI=1S/C19H26N4O3S/c1-12(2)26-19(3,4)15-11-27-18(21-15)22-17(25)14-6-5-7-23(14)10-13-8-16(24)20-9-13/h5-7,11-13H,8-10H2,1-4H3,(H,20,24)(H,21,22,25). The van der Waals surface area contributed by atoms with Gasteiger partial charge in [-0.15, -0.1) is 11.3 Å². The maximum Gasteiger partial charge on any atom is 0.274 e. The number of amides is 2. The molecule has 1 aliphatic heterocycles. The van der Waals surface area contributed by atoms with Crippen molar-refractivity contribution < 1.29 is 14.3 Å². The van der Waals surface area contributed by atoms with Crippen molar-refractivity contribution in [2.45, 2.75) is 52.4 Å². The highest BCUT2D eigenvalue weighted by atomic mass is 32.1. The lowest BCUT2D eigenvalue weighted by atomic mass is 10.1. The number of rotatable bonds is 7. The van der Waals surface area contributed by atoms with Crippen molar-refractivity contribution in [3.63, 3.8) is 0 Å². The molecule has 2 aromatic rings. The van der Waals surface area contributed by atoms with Gasteiger partial charge in [0.2, 0.25) is 5.91 Å². The zero-order valence-corrected chi connectivity index (χ0v) is 16.9. The minimum Gasteiger partial charge on any atom is -0.367 e. The molecule has 0 radical (unpaired) electrons. The lowest BCUT2D eigenvalue weighted by Gasteiger charge is -2.25. The van der Waals surface area contributed by atoms with E-state index in [0.717, 1.165) is 5.69 Å². The molecule has 1 atom stereocenters. The number of aromatic nitrogens is 2. The number of hydrogen-bond acceptors (Lipinski definition) is 5. The summed E-state index contributed by atoms with van der Waals surface area (Å²) in [5, 5.41) is 8.15. The summed E-state index contributed by atoms with van der Waals surface area (Å²) >= 11 is 1.38. The van der Waals surface area contributed by atoms with Crippen LogP contribution in [-0.2, 0) is 21.7 Å². The SMILES string of the molecule is CC(C)OC(C)(C)c1csc(NC(=O)c2cccn2CC2CNC(=O)C2)n1. The molecule has 2 amide bonds. The van der Waals surface area contributed by atoms with Gasteiger partial charge in [0, 0.05) is 37.0 Å². The molecule has 7 nitrogen and oxygen atoms in total. The first-order valence-electron chi connectivity index (χ1n) is 9.11. The highest BCUT2D eigenvalue weighted by Crippen LogP contribution is 2.29. The van der Waals surface area contributed by atoms with E-state index in [1.54, 1.807) is 6.07 Å². The third-order valence-electron chi connectivity index (χ3n) is 4.45. The maximum absolute atomic E-state index is 12.7. The molecule has 146 valence electrons. The van der Waals surface area contributed by atoms with Crippen molar-refractivity contribution in [2.75, 3.05) is 11.9 Å². The summed E-state index contributed by atoms with van der Waals surface area (Å²) in [4.78, 5) is 28.6. The predicted octanol–water partition coefficient (Wildman–Crippen LogP) is 2.99. The van der Waals surface area contributed by atoms with E-state index in [1.807, 2.05) is 49.9 Å². The van der Waals surface area contributed by atoms with E-state index in [9.17, 15) is 9.59 Å². The van der Waals surface area contributed by atoms with Crippen LogP contribution in [0.3, 0.4) is 0 Å². The molecule has 3 heterocycles. The van der Waals surface area contributed by atoms with Crippen molar-refractivity contribution in [1.29, 1.82) is 0 Å². The van der Waals surface area contributed by atoms with Gasteiger partial charge >= 0.3 is 0 Å². The second-order valence-corrected chi connectivity index (χ2v) is 8.45. The van der Waals surface area contributed by atoms with E-state index in [0.29, 0.717) is 30.3 Å². The van der Waals surface area contributed by atoms with Crippen LogP contribution in [0.1, 0.15) is 50.3 Å². The van der Waals surface area contributed by atoms with E-state index >= 15 is 0 Å². The Morgan fingerprint density at radius 1 is 1.52 bits per heavy atom. The lowest BCUT2D eigenvalue weighted by molar-refractivity contribution is -0.119. The zero-order valence-electron chi connectivity index (χ0n) is 16.1. The summed E-state index contributed by atoms with van der Waals surface area (Å²) in [6.07, 6.45) is 2.45. The lowest BCUT2D eigenvalue weighted by Crippen LogP contribution is -2.26. The van der Waals surface area contributed by atoms with E-state index in [4.69, 9.17) is 4.74 Å². The van der Waals surface area contributed by atoms with Crippen LogP contribution in [0.25, 0.3) is 0 Å². The Morgan fingerprint density at radius 2 is 2.30 bits per heavy atom. The Balaban J connectivity index is 1.66. The molecule has 0 saturated carbocycles. The number of hydrogen-bond donors (Lipinski definition) is 2. The molecule has 2 N–H and O–H groups in total. The van der Waals surface area contributed by atoms with Gasteiger partial charge in [-0.05, 0) is 39.8 Å². The first-order chi connectivity index (χ1) is 12.7. The van der Waals surface area contributed by atoms with Gasteiger partial charge in [0.05, 0.1) is 11.8 Å². The largest absolute Gasteiger partial charge is 0.367 e. The Morgan fingerprint density at radius 3 is 2.96 bits per heavy atom. The van der Waals surface area contributed by atoms with Crippen LogP contribution in [0.5, 0.6) is 0 Å². The van der Waals surface area contributed by atoms with Crippen LogP contribution in [-0.4, -0.2) is 34.0 Å². The minimum absolute atomic E-state index is 0.0692. The molecule has 3 rings (SSSR count). The Bertz CT molecular complexity index is 825. The molecular weight excluding hydrogens is 364 g/mol. The topological polar surface area (TPSA) is 85.2 Å². The predicted molar refractivity (Wildman–Crippen MR) is 105 cm³/mol. The summed E-state index contributed by atoms with van der Waals surface area (Å²) < 4.78 is 7.80. The van der Waals surface area contributed by atoms with Crippen LogP contribution in [0, 0.1) is 5.92 Å². The number of carbonyl (C=O) groups excluding carboxylic acids is 2. The number of nitrogens with zero attached hydrogens (tertiary/aromatic N) is 2.